The van der Waals surface area contributed by atoms with Gasteiger partial charge in [-0.1, -0.05) is 55.8 Å². The molecule has 0 aromatic heterocycles. The zero-order chi connectivity index (χ0) is 21.3. The fourth-order valence-corrected chi connectivity index (χ4v) is 3.91. The third-order valence-corrected chi connectivity index (χ3v) is 5.50. The van der Waals surface area contributed by atoms with Gasteiger partial charge in [0.05, 0.1) is 0 Å². The first-order valence-corrected chi connectivity index (χ1v) is 10.2. The highest BCUT2D eigenvalue weighted by molar-refractivity contribution is 5.69. The van der Waals surface area contributed by atoms with Crippen molar-refractivity contribution in [2.24, 2.45) is 0 Å². The zero-order valence-electron chi connectivity index (χ0n) is 16.9. The van der Waals surface area contributed by atoms with Crippen molar-refractivity contribution in [2.45, 2.75) is 39.0 Å². The van der Waals surface area contributed by atoms with E-state index in [1.165, 1.54) is 0 Å². The second kappa shape index (κ2) is 8.39. The molecule has 4 heteroatoms. The summed E-state index contributed by atoms with van der Waals surface area (Å²) in [6.07, 6.45) is 5.06. The van der Waals surface area contributed by atoms with Gasteiger partial charge in [-0.25, -0.2) is 8.78 Å². The SMILES string of the molecule is C=CCCc1ccc(-c2ccc3c(c2F)Oc2c(cc(CCC)c(F)c2F)C3)cc1. The second-order valence-corrected chi connectivity index (χ2v) is 7.62. The van der Waals surface area contributed by atoms with Gasteiger partial charge in [-0.15, -0.1) is 6.58 Å². The Morgan fingerprint density at radius 2 is 1.63 bits per heavy atom. The molecule has 4 rings (SSSR count). The Balaban J connectivity index is 1.69. The van der Waals surface area contributed by atoms with Crippen LogP contribution in [0.4, 0.5) is 13.2 Å². The number of benzene rings is 3. The van der Waals surface area contributed by atoms with E-state index in [9.17, 15) is 8.78 Å². The number of aryl methyl sites for hydroxylation is 2. The highest BCUT2D eigenvalue weighted by atomic mass is 19.2. The highest BCUT2D eigenvalue weighted by Crippen LogP contribution is 2.43. The first kappa shape index (κ1) is 20.3. The van der Waals surface area contributed by atoms with E-state index in [1.54, 1.807) is 18.2 Å². The molecule has 3 aromatic rings. The summed E-state index contributed by atoms with van der Waals surface area (Å²) in [4.78, 5) is 0. The summed E-state index contributed by atoms with van der Waals surface area (Å²) in [6, 6.07) is 12.8. The van der Waals surface area contributed by atoms with Gasteiger partial charge in [0.15, 0.2) is 23.1 Å². The third kappa shape index (κ3) is 3.62. The lowest BCUT2D eigenvalue weighted by Gasteiger charge is -2.23. The number of halogens is 3. The van der Waals surface area contributed by atoms with Gasteiger partial charge >= 0.3 is 0 Å². The van der Waals surface area contributed by atoms with Crippen LogP contribution in [0.5, 0.6) is 11.5 Å². The van der Waals surface area contributed by atoms with Gasteiger partial charge < -0.3 is 4.74 Å². The van der Waals surface area contributed by atoms with E-state index in [0.29, 0.717) is 47.1 Å². The molecular formula is C26H23F3O. The van der Waals surface area contributed by atoms with Crippen molar-refractivity contribution in [2.75, 3.05) is 0 Å². The number of hydrogen-bond donors (Lipinski definition) is 0. The fraction of sp³-hybridized carbons (Fsp3) is 0.231. The Morgan fingerprint density at radius 1 is 0.900 bits per heavy atom. The molecule has 1 aliphatic rings. The van der Waals surface area contributed by atoms with Crippen LogP contribution in [0.1, 0.15) is 42.0 Å². The van der Waals surface area contributed by atoms with Crippen molar-refractivity contribution in [1.82, 2.24) is 0 Å². The normalized spacial score (nSPS) is 12.1. The standard InChI is InChI=1S/C26H23F3O/c1-3-5-7-16-8-10-17(11-9-16)21-13-12-19-15-20-14-18(6-4-2)22(27)24(29)26(20)30-25(19)23(21)28/h3,8-14H,1,4-7,15H2,2H3. The van der Waals surface area contributed by atoms with Crippen LogP contribution in [0.25, 0.3) is 11.1 Å². The first-order chi connectivity index (χ1) is 14.5. The predicted molar refractivity (Wildman–Crippen MR) is 114 cm³/mol. The summed E-state index contributed by atoms with van der Waals surface area (Å²) in [6.45, 7) is 5.63. The van der Waals surface area contributed by atoms with Crippen molar-refractivity contribution in [1.29, 1.82) is 0 Å². The van der Waals surface area contributed by atoms with Gasteiger partial charge in [0, 0.05) is 23.1 Å². The minimum atomic E-state index is -1.04. The second-order valence-electron chi connectivity index (χ2n) is 7.62. The molecule has 1 aliphatic heterocycles. The largest absolute Gasteiger partial charge is 0.450 e. The summed E-state index contributed by atoms with van der Waals surface area (Å²) in [5.41, 5.74) is 3.72. The zero-order valence-corrected chi connectivity index (χ0v) is 16.9. The van der Waals surface area contributed by atoms with Crippen LogP contribution in [0, 0.1) is 17.5 Å². The summed E-state index contributed by atoms with van der Waals surface area (Å²) >= 11 is 0. The van der Waals surface area contributed by atoms with E-state index >= 15 is 4.39 Å². The lowest BCUT2D eigenvalue weighted by molar-refractivity contribution is 0.380. The van der Waals surface area contributed by atoms with Crippen molar-refractivity contribution in [3.8, 4) is 22.6 Å². The van der Waals surface area contributed by atoms with Crippen LogP contribution in [-0.4, -0.2) is 0 Å². The maximum atomic E-state index is 15.3. The summed E-state index contributed by atoms with van der Waals surface area (Å²) in [5.74, 6) is -2.76. The molecule has 0 saturated carbocycles. The van der Waals surface area contributed by atoms with Crippen LogP contribution < -0.4 is 4.74 Å². The van der Waals surface area contributed by atoms with E-state index in [0.717, 1.165) is 18.4 Å². The molecular weight excluding hydrogens is 385 g/mol. The average molecular weight is 408 g/mol. The Kier molecular flexibility index (Phi) is 5.67. The molecule has 0 amide bonds. The summed E-state index contributed by atoms with van der Waals surface area (Å²) in [7, 11) is 0. The Bertz CT molecular complexity index is 1100. The number of fused-ring (bicyclic) bond motifs is 2. The summed E-state index contributed by atoms with van der Waals surface area (Å²) < 4.78 is 49.9. The number of rotatable bonds is 6. The van der Waals surface area contributed by atoms with Gasteiger partial charge in [0.2, 0.25) is 5.82 Å². The van der Waals surface area contributed by atoms with Crippen molar-refractivity contribution in [3.05, 3.63) is 94.8 Å². The molecule has 0 aliphatic carbocycles. The molecule has 0 bridgehead atoms. The molecule has 154 valence electrons. The number of hydrogen-bond acceptors (Lipinski definition) is 1. The average Bonchev–Trinajstić information content (AvgIpc) is 2.76. The molecule has 0 unspecified atom stereocenters. The quantitative estimate of drug-likeness (QED) is 0.300. The Morgan fingerprint density at radius 3 is 2.33 bits per heavy atom. The van der Waals surface area contributed by atoms with E-state index < -0.39 is 17.5 Å². The molecule has 3 aromatic carbocycles. The van der Waals surface area contributed by atoms with E-state index in [-0.39, 0.29) is 11.5 Å². The first-order valence-electron chi connectivity index (χ1n) is 10.2. The number of ether oxygens (including phenoxy) is 1. The minimum absolute atomic E-state index is 0.0303. The third-order valence-electron chi connectivity index (χ3n) is 5.50. The van der Waals surface area contributed by atoms with Crippen LogP contribution in [-0.2, 0) is 19.3 Å². The van der Waals surface area contributed by atoms with Gasteiger partial charge in [-0.3, -0.25) is 0 Å². The monoisotopic (exact) mass is 408 g/mol. The van der Waals surface area contributed by atoms with Crippen molar-refractivity contribution >= 4 is 0 Å². The Labute approximate surface area is 174 Å². The van der Waals surface area contributed by atoms with E-state index in [4.69, 9.17) is 4.74 Å². The lowest BCUT2D eigenvalue weighted by Crippen LogP contribution is -2.10. The fourth-order valence-electron chi connectivity index (χ4n) is 3.91. The van der Waals surface area contributed by atoms with Crippen molar-refractivity contribution in [3.63, 3.8) is 0 Å². The number of allylic oxidation sites excluding steroid dienone is 1. The molecule has 0 atom stereocenters. The minimum Gasteiger partial charge on any atom is -0.450 e. The van der Waals surface area contributed by atoms with E-state index in [2.05, 4.69) is 6.58 Å². The molecule has 0 spiro atoms. The molecule has 0 N–H and O–H groups in total. The maximum absolute atomic E-state index is 15.3. The maximum Gasteiger partial charge on any atom is 0.201 e. The molecule has 0 radical (unpaired) electrons. The van der Waals surface area contributed by atoms with Crippen LogP contribution in [0.15, 0.2) is 55.1 Å². The van der Waals surface area contributed by atoms with Gasteiger partial charge in [0.1, 0.15) is 0 Å². The van der Waals surface area contributed by atoms with Gasteiger partial charge in [-0.05, 0) is 42.0 Å². The van der Waals surface area contributed by atoms with Crippen LogP contribution in [0.2, 0.25) is 0 Å². The van der Waals surface area contributed by atoms with Gasteiger partial charge in [0.25, 0.3) is 0 Å². The molecule has 0 saturated heterocycles. The summed E-state index contributed by atoms with van der Waals surface area (Å²) in [5, 5.41) is 0. The van der Waals surface area contributed by atoms with Crippen LogP contribution >= 0.6 is 0 Å². The molecule has 1 nitrogen and oxygen atoms in total. The van der Waals surface area contributed by atoms with Crippen LogP contribution in [0.3, 0.4) is 0 Å². The van der Waals surface area contributed by atoms with E-state index in [1.807, 2.05) is 37.3 Å². The van der Waals surface area contributed by atoms with Gasteiger partial charge in [-0.2, -0.15) is 4.39 Å². The molecule has 0 fully saturated rings. The Hall–Kier alpha value is -3.01. The predicted octanol–water partition coefficient (Wildman–Crippen LogP) is 7.54. The smallest absolute Gasteiger partial charge is 0.201 e. The lowest BCUT2D eigenvalue weighted by atomic mass is 9.93. The molecule has 30 heavy (non-hydrogen) atoms. The highest BCUT2D eigenvalue weighted by Gasteiger charge is 2.28. The van der Waals surface area contributed by atoms with Crippen molar-refractivity contribution < 1.29 is 17.9 Å². The molecule has 1 heterocycles. The topological polar surface area (TPSA) is 9.23 Å².